The molecule has 0 aromatic rings. The van der Waals surface area contributed by atoms with Gasteiger partial charge in [-0.05, 0) is 51.0 Å². The molecule has 1 aliphatic rings. The average molecular weight is 291 g/mol. The Balaban J connectivity index is 2.43. The third-order valence-corrected chi connectivity index (χ3v) is 4.42. The first-order valence-corrected chi connectivity index (χ1v) is 8.49. The van der Waals surface area contributed by atoms with Gasteiger partial charge in [-0.25, -0.2) is 0 Å². The molecule has 0 amide bonds. The van der Waals surface area contributed by atoms with Crippen LogP contribution in [0.5, 0.6) is 0 Å². The largest absolute Gasteiger partial charge is 0.396 e. The summed E-state index contributed by atoms with van der Waals surface area (Å²) >= 11 is 0. The molecule has 0 aromatic carbocycles. The first kappa shape index (κ1) is 18.0. The maximum atomic E-state index is 5.38. The molecule has 1 unspecified atom stereocenters. The van der Waals surface area contributed by atoms with E-state index in [-0.39, 0.29) is 0 Å². The SMILES string of the molecule is CCCCCCO/N=C(C)/C=C/C1C(C)=CCCC1(C)C. The molecule has 1 aliphatic carbocycles. The van der Waals surface area contributed by atoms with Crippen molar-refractivity contribution >= 4 is 5.71 Å². The van der Waals surface area contributed by atoms with Gasteiger partial charge in [-0.2, -0.15) is 0 Å². The van der Waals surface area contributed by atoms with Crippen molar-refractivity contribution in [2.24, 2.45) is 16.5 Å². The molecule has 0 aromatic heterocycles. The van der Waals surface area contributed by atoms with Crippen LogP contribution in [0.4, 0.5) is 0 Å². The van der Waals surface area contributed by atoms with Crippen molar-refractivity contribution in [1.82, 2.24) is 0 Å². The number of unbranched alkanes of at least 4 members (excludes halogenated alkanes) is 3. The number of allylic oxidation sites excluding steroid dienone is 4. The van der Waals surface area contributed by atoms with E-state index in [1.807, 2.05) is 6.92 Å². The van der Waals surface area contributed by atoms with Crippen LogP contribution in [0, 0.1) is 11.3 Å². The summed E-state index contributed by atoms with van der Waals surface area (Å²) in [7, 11) is 0. The number of hydrogen-bond donors (Lipinski definition) is 0. The summed E-state index contributed by atoms with van der Waals surface area (Å²) in [6, 6.07) is 0. The normalized spacial score (nSPS) is 22.4. The van der Waals surface area contributed by atoms with Crippen molar-refractivity contribution in [1.29, 1.82) is 0 Å². The molecule has 0 saturated heterocycles. The predicted octanol–water partition coefficient (Wildman–Crippen LogP) is 5.90. The molecule has 0 saturated carbocycles. The molecule has 0 aliphatic heterocycles. The van der Waals surface area contributed by atoms with Crippen molar-refractivity contribution in [3.63, 3.8) is 0 Å². The molecule has 0 heterocycles. The van der Waals surface area contributed by atoms with Crippen LogP contribution in [0.25, 0.3) is 0 Å². The van der Waals surface area contributed by atoms with Crippen LogP contribution in [0.15, 0.2) is 29.0 Å². The fourth-order valence-electron chi connectivity index (χ4n) is 2.99. The van der Waals surface area contributed by atoms with Crippen LogP contribution in [-0.4, -0.2) is 12.3 Å². The summed E-state index contributed by atoms with van der Waals surface area (Å²) in [5.41, 5.74) is 2.78. The van der Waals surface area contributed by atoms with Crippen molar-refractivity contribution < 1.29 is 4.84 Å². The van der Waals surface area contributed by atoms with E-state index in [4.69, 9.17) is 4.84 Å². The van der Waals surface area contributed by atoms with Gasteiger partial charge in [0.1, 0.15) is 6.61 Å². The molecule has 0 bridgehead atoms. The third kappa shape index (κ3) is 6.50. The Morgan fingerprint density at radius 1 is 1.38 bits per heavy atom. The van der Waals surface area contributed by atoms with E-state index in [0.29, 0.717) is 11.3 Å². The quantitative estimate of drug-likeness (QED) is 0.236. The summed E-state index contributed by atoms with van der Waals surface area (Å²) in [5.74, 6) is 0.515. The lowest BCUT2D eigenvalue weighted by Gasteiger charge is -2.36. The number of rotatable bonds is 8. The van der Waals surface area contributed by atoms with E-state index in [1.165, 1.54) is 37.7 Å². The van der Waals surface area contributed by atoms with E-state index in [0.717, 1.165) is 18.7 Å². The highest BCUT2D eigenvalue weighted by molar-refractivity contribution is 5.92. The second kappa shape index (κ2) is 9.07. The molecule has 120 valence electrons. The Morgan fingerprint density at radius 3 is 2.81 bits per heavy atom. The van der Waals surface area contributed by atoms with Crippen LogP contribution >= 0.6 is 0 Å². The maximum absolute atomic E-state index is 5.38. The molecule has 1 atom stereocenters. The Morgan fingerprint density at radius 2 is 2.14 bits per heavy atom. The molecule has 2 heteroatoms. The minimum absolute atomic E-state index is 0.344. The first-order valence-electron chi connectivity index (χ1n) is 8.49. The second-order valence-electron chi connectivity index (χ2n) is 6.94. The zero-order valence-electron chi connectivity index (χ0n) is 14.6. The van der Waals surface area contributed by atoms with Crippen LogP contribution in [0.2, 0.25) is 0 Å². The lowest BCUT2D eigenvalue weighted by molar-refractivity contribution is 0.140. The van der Waals surface area contributed by atoms with E-state index >= 15 is 0 Å². The summed E-state index contributed by atoms with van der Waals surface area (Å²) in [6.45, 7) is 11.9. The summed E-state index contributed by atoms with van der Waals surface area (Å²) in [5, 5.41) is 4.19. The van der Waals surface area contributed by atoms with E-state index in [1.54, 1.807) is 0 Å². The van der Waals surface area contributed by atoms with Crippen molar-refractivity contribution in [2.75, 3.05) is 6.61 Å². The highest BCUT2D eigenvalue weighted by Crippen LogP contribution is 2.41. The van der Waals surface area contributed by atoms with Gasteiger partial charge in [0.25, 0.3) is 0 Å². The molecular weight excluding hydrogens is 258 g/mol. The van der Waals surface area contributed by atoms with Gasteiger partial charge in [0, 0.05) is 5.92 Å². The van der Waals surface area contributed by atoms with Crippen molar-refractivity contribution in [3.8, 4) is 0 Å². The predicted molar refractivity (Wildman–Crippen MR) is 92.6 cm³/mol. The standard InChI is InChI=1S/C19H33NO/c1-6-7-8-9-15-21-20-17(3)12-13-18-16(2)11-10-14-19(18,4)5/h11-13,18H,6-10,14-15H2,1-5H3/b13-12+,20-17+. The monoisotopic (exact) mass is 291 g/mol. The number of hydrogen-bond acceptors (Lipinski definition) is 2. The van der Waals surface area contributed by atoms with E-state index in [2.05, 4.69) is 51.1 Å². The highest BCUT2D eigenvalue weighted by Gasteiger charge is 2.30. The van der Waals surface area contributed by atoms with Gasteiger partial charge < -0.3 is 4.84 Å². The minimum atomic E-state index is 0.344. The zero-order chi connectivity index (χ0) is 15.7. The lowest BCUT2D eigenvalue weighted by atomic mass is 9.68. The topological polar surface area (TPSA) is 21.6 Å². The summed E-state index contributed by atoms with van der Waals surface area (Å²) < 4.78 is 0. The smallest absolute Gasteiger partial charge is 0.117 e. The molecular formula is C19H33NO. The third-order valence-electron chi connectivity index (χ3n) is 4.42. The summed E-state index contributed by atoms with van der Waals surface area (Å²) in [4.78, 5) is 5.38. The molecule has 0 radical (unpaired) electrons. The zero-order valence-corrected chi connectivity index (χ0v) is 14.6. The Hall–Kier alpha value is -1.05. The number of oxime groups is 1. The fourth-order valence-corrected chi connectivity index (χ4v) is 2.99. The van der Waals surface area contributed by atoms with Crippen LogP contribution in [0.1, 0.15) is 73.1 Å². The van der Waals surface area contributed by atoms with Crippen LogP contribution < -0.4 is 0 Å². The van der Waals surface area contributed by atoms with Crippen molar-refractivity contribution in [2.45, 2.75) is 73.1 Å². The van der Waals surface area contributed by atoms with Gasteiger partial charge in [-0.1, -0.05) is 56.5 Å². The second-order valence-corrected chi connectivity index (χ2v) is 6.94. The van der Waals surface area contributed by atoms with Gasteiger partial charge in [0.15, 0.2) is 0 Å². The molecule has 0 N–H and O–H groups in total. The Kier molecular flexibility index (Phi) is 7.77. The van der Waals surface area contributed by atoms with Gasteiger partial charge in [0.2, 0.25) is 0 Å². The van der Waals surface area contributed by atoms with E-state index < -0.39 is 0 Å². The van der Waals surface area contributed by atoms with Gasteiger partial charge >= 0.3 is 0 Å². The molecule has 0 fully saturated rings. The van der Waals surface area contributed by atoms with Crippen LogP contribution in [0.3, 0.4) is 0 Å². The average Bonchev–Trinajstić information content (AvgIpc) is 2.41. The Labute approximate surface area is 131 Å². The lowest BCUT2D eigenvalue weighted by Crippen LogP contribution is -2.26. The van der Waals surface area contributed by atoms with Gasteiger partial charge in [0.05, 0.1) is 5.71 Å². The minimum Gasteiger partial charge on any atom is -0.396 e. The molecule has 0 spiro atoms. The Bertz CT molecular complexity index is 390. The molecule has 21 heavy (non-hydrogen) atoms. The van der Waals surface area contributed by atoms with Crippen molar-refractivity contribution in [3.05, 3.63) is 23.8 Å². The molecule has 2 nitrogen and oxygen atoms in total. The number of nitrogens with zero attached hydrogens (tertiary/aromatic N) is 1. The highest BCUT2D eigenvalue weighted by atomic mass is 16.6. The fraction of sp³-hybridized carbons (Fsp3) is 0.737. The van der Waals surface area contributed by atoms with E-state index in [9.17, 15) is 0 Å². The summed E-state index contributed by atoms with van der Waals surface area (Å²) in [6.07, 6.45) is 14.1. The van der Waals surface area contributed by atoms with Gasteiger partial charge in [-0.3, -0.25) is 0 Å². The first-order chi connectivity index (χ1) is 9.97. The van der Waals surface area contributed by atoms with Gasteiger partial charge in [-0.15, -0.1) is 0 Å². The molecule has 1 rings (SSSR count). The maximum Gasteiger partial charge on any atom is 0.117 e. The van der Waals surface area contributed by atoms with Crippen LogP contribution in [-0.2, 0) is 4.84 Å².